The van der Waals surface area contributed by atoms with E-state index in [1.807, 2.05) is 0 Å². The van der Waals surface area contributed by atoms with Crippen LogP contribution in [0.5, 0.6) is 0 Å². The quantitative estimate of drug-likeness (QED) is 0.0261. The normalized spacial score (nSPS) is 12.6. The van der Waals surface area contributed by atoms with E-state index in [9.17, 15) is 14.4 Å². The second kappa shape index (κ2) is 71.1. The summed E-state index contributed by atoms with van der Waals surface area (Å²) >= 11 is 0. The third kappa shape index (κ3) is 69.3. The van der Waals surface area contributed by atoms with Crippen LogP contribution in [-0.4, -0.2) is 37.2 Å². The minimum atomic E-state index is -0.797. The maximum absolute atomic E-state index is 13.0. The Morgan fingerprint density at radius 1 is 0.253 bits per heavy atom. The second-order valence-corrected chi connectivity index (χ2v) is 24.1. The number of hydrogen-bond donors (Lipinski definition) is 0. The topological polar surface area (TPSA) is 78.9 Å². The molecule has 1 atom stereocenters. The van der Waals surface area contributed by atoms with Gasteiger partial charge in [-0.2, -0.15) is 0 Å². The van der Waals surface area contributed by atoms with Crippen molar-refractivity contribution < 1.29 is 28.6 Å². The molecule has 0 aromatic heterocycles. The molecule has 0 spiro atoms. The number of ether oxygens (including phenoxy) is 3. The van der Waals surface area contributed by atoms with Gasteiger partial charge < -0.3 is 14.2 Å². The van der Waals surface area contributed by atoms with Crippen molar-refractivity contribution in [2.24, 2.45) is 0 Å². The number of carbonyl (C=O) groups excluding carboxylic acids is 3. The fourth-order valence-corrected chi connectivity index (χ4v) is 10.5. The fraction of sp³-hybridized carbons (Fsp3) is 0.779. The van der Waals surface area contributed by atoms with Crippen molar-refractivity contribution in [3.05, 3.63) is 85.1 Å². The predicted octanol–water partition coefficient (Wildman–Crippen LogP) is 25.0. The molecule has 0 amide bonds. The molecule has 480 valence electrons. The van der Waals surface area contributed by atoms with Crippen molar-refractivity contribution in [3.8, 4) is 0 Å². The molecule has 0 aliphatic heterocycles. The summed E-state index contributed by atoms with van der Waals surface area (Å²) in [4.78, 5) is 38.4. The van der Waals surface area contributed by atoms with E-state index in [0.29, 0.717) is 19.3 Å². The molecule has 0 N–H and O–H groups in total. The molecule has 0 saturated carbocycles. The lowest BCUT2D eigenvalue weighted by atomic mass is 10.0. The van der Waals surface area contributed by atoms with Crippen LogP contribution in [0.4, 0.5) is 0 Å². The van der Waals surface area contributed by atoms with Crippen molar-refractivity contribution >= 4 is 17.9 Å². The van der Waals surface area contributed by atoms with Crippen LogP contribution in [0, 0.1) is 0 Å². The largest absolute Gasteiger partial charge is 0.462 e. The van der Waals surface area contributed by atoms with Gasteiger partial charge in [0.05, 0.1) is 0 Å². The van der Waals surface area contributed by atoms with E-state index in [1.165, 1.54) is 238 Å². The lowest BCUT2D eigenvalue weighted by Crippen LogP contribution is -2.30. The Labute approximate surface area is 515 Å². The van der Waals surface area contributed by atoms with E-state index in [-0.39, 0.29) is 31.1 Å². The molecule has 6 nitrogen and oxygen atoms in total. The lowest BCUT2D eigenvalue weighted by Gasteiger charge is -2.18. The summed E-state index contributed by atoms with van der Waals surface area (Å²) in [6.07, 6.45) is 94.8. The van der Waals surface area contributed by atoms with Gasteiger partial charge in [0.1, 0.15) is 13.2 Å². The van der Waals surface area contributed by atoms with Gasteiger partial charge in [-0.25, -0.2) is 0 Å². The third-order valence-corrected chi connectivity index (χ3v) is 15.9. The van der Waals surface area contributed by atoms with Gasteiger partial charge in [-0.3, -0.25) is 14.4 Å². The van der Waals surface area contributed by atoms with Crippen molar-refractivity contribution in [2.75, 3.05) is 13.2 Å². The summed E-state index contributed by atoms with van der Waals surface area (Å²) in [5.74, 6) is -0.919. The van der Waals surface area contributed by atoms with E-state index < -0.39 is 6.10 Å². The van der Waals surface area contributed by atoms with Gasteiger partial charge >= 0.3 is 17.9 Å². The van der Waals surface area contributed by atoms with Crippen molar-refractivity contribution in [1.29, 1.82) is 0 Å². The number of esters is 3. The molecule has 0 aromatic rings. The molecule has 0 heterocycles. The Morgan fingerprint density at radius 2 is 0.470 bits per heavy atom. The predicted molar refractivity (Wildman–Crippen MR) is 362 cm³/mol. The molecule has 0 aliphatic rings. The highest BCUT2D eigenvalue weighted by molar-refractivity contribution is 5.71. The average molecular weight is 1160 g/mol. The Bertz CT molecular complexity index is 1570. The Kier molecular flexibility index (Phi) is 68.2. The van der Waals surface area contributed by atoms with Gasteiger partial charge in [0.15, 0.2) is 6.10 Å². The minimum absolute atomic E-state index is 0.0889. The summed E-state index contributed by atoms with van der Waals surface area (Å²) in [6, 6.07) is 0. The molecule has 0 saturated heterocycles. The number of carbonyl (C=O) groups is 3. The van der Waals surface area contributed by atoms with Gasteiger partial charge in [0.25, 0.3) is 0 Å². The summed E-state index contributed by atoms with van der Waals surface area (Å²) < 4.78 is 17.0. The van der Waals surface area contributed by atoms with Gasteiger partial charge in [0, 0.05) is 19.3 Å². The molecule has 0 bridgehead atoms. The fourth-order valence-electron chi connectivity index (χ4n) is 10.5. The Morgan fingerprint density at radius 3 is 0.771 bits per heavy atom. The van der Waals surface area contributed by atoms with Gasteiger partial charge in [-0.15, -0.1) is 0 Å². The zero-order valence-corrected chi connectivity index (χ0v) is 55.2. The van der Waals surface area contributed by atoms with Crippen LogP contribution in [0.3, 0.4) is 0 Å². The maximum Gasteiger partial charge on any atom is 0.306 e. The number of rotatable bonds is 66. The highest BCUT2D eigenvalue weighted by Crippen LogP contribution is 2.18. The first-order valence-electron chi connectivity index (χ1n) is 36.1. The molecule has 0 fully saturated rings. The van der Waals surface area contributed by atoms with Crippen LogP contribution >= 0.6 is 0 Å². The Balaban J connectivity index is 4.28. The molecule has 0 rings (SSSR count). The molecular formula is C77H136O6. The summed E-state index contributed by atoms with van der Waals surface area (Å²) in [5, 5.41) is 0. The standard InChI is InChI=1S/C77H136O6/c1-4-7-10-13-16-19-22-25-28-30-32-34-35-36-37-38-39-40-41-43-44-46-49-52-55-58-61-64-67-70-76(79)82-73-74(72-81-75(78)69-66-63-60-57-54-51-48-27-24-21-18-15-12-9-6-3)83-77(80)71-68-65-62-59-56-53-50-47-45-42-33-31-29-26-23-20-17-14-11-8-5-2/h9,12,18,21,23,26-27,30-33,48,54,57,74H,4-8,10-11,13-17,19-20,22,24-25,28-29,34-47,49-53,55-56,58-73H2,1-3H3/b12-9-,21-18-,26-23-,32-30-,33-31-,48-27-,57-54-. The zero-order chi connectivity index (χ0) is 59.9. The third-order valence-electron chi connectivity index (χ3n) is 15.9. The number of unbranched alkanes of at least 4 members (excludes halogenated alkanes) is 41. The van der Waals surface area contributed by atoms with Crippen molar-refractivity contribution in [3.63, 3.8) is 0 Å². The zero-order valence-electron chi connectivity index (χ0n) is 55.2. The van der Waals surface area contributed by atoms with Crippen molar-refractivity contribution in [1.82, 2.24) is 0 Å². The van der Waals surface area contributed by atoms with E-state index in [4.69, 9.17) is 14.2 Å². The first kappa shape index (κ1) is 79.6. The Hall–Kier alpha value is -3.41. The molecular weight excluding hydrogens is 1020 g/mol. The second-order valence-electron chi connectivity index (χ2n) is 24.1. The molecule has 1 unspecified atom stereocenters. The van der Waals surface area contributed by atoms with E-state index in [2.05, 4.69) is 106 Å². The maximum atomic E-state index is 13.0. The van der Waals surface area contributed by atoms with Crippen LogP contribution in [0.25, 0.3) is 0 Å². The minimum Gasteiger partial charge on any atom is -0.462 e. The molecule has 83 heavy (non-hydrogen) atoms. The van der Waals surface area contributed by atoms with Gasteiger partial charge in [-0.05, 0) is 116 Å². The summed E-state index contributed by atoms with van der Waals surface area (Å²) in [6.45, 7) is 6.53. The number of hydrogen-bond acceptors (Lipinski definition) is 6. The lowest BCUT2D eigenvalue weighted by molar-refractivity contribution is -0.167. The summed E-state index contributed by atoms with van der Waals surface area (Å²) in [7, 11) is 0. The van der Waals surface area contributed by atoms with Crippen molar-refractivity contribution in [2.45, 2.75) is 374 Å². The molecule has 6 heteroatoms. The van der Waals surface area contributed by atoms with Gasteiger partial charge in [0.2, 0.25) is 0 Å². The number of allylic oxidation sites excluding steroid dienone is 14. The van der Waals surface area contributed by atoms with E-state index in [0.717, 1.165) is 89.9 Å². The van der Waals surface area contributed by atoms with Crippen LogP contribution in [0.15, 0.2) is 85.1 Å². The van der Waals surface area contributed by atoms with Crippen LogP contribution < -0.4 is 0 Å². The van der Waals surface area contributed by atoms with E-state index >= 15 is 0 Å². The first-order valence-corrected chi connectivity index (χ1v) is 36.1. The van der Waals surface area contributed by atoms with Crippen LogP contribution in [0.2, 0.25) is 0 Å². The van der Waals surface area contributed by atoms with E-state index in [1.54, 1.807) is 0 Å². The van der Waals surface area contributed by atoms with Gasteiger partial charge in [-0.1, -0.05) is 318 Å². The summed E-state index contributed by atoms with van der Waals surface area (Å²) in [5.41, 5.74) is 0. The van der Waals surface area contributed by atoms with Crippen LogP contribution in [0.1, 0.15) is 367 Å². The average Bonchev–Trinajstić information content (AvgIpc) is 3.49. The SMILES string of the molecule is CC/C=C\C/C=C\C/C=C\C/C=C\CCCCC(=O)OCC(COC(=O)CCCCCCCCCCCCCCCCCCC/C=C\CCCCCCCCCC)OC(=O)CCCCCCCCCCC/C=C\C/C=C\CCCCCCC. The molecule has 0 aromatic carbocycles. The molecule has 0 radical (unpaired) electrons. The highest BCUT2D eigenvalue weighted by Gasteiger charge is 2.19. The van der Waals surface area contributed by atoms with Crippen LogP contribution in [-0.2, 0) is 28.6 Å². The monoisotopic (exact) mass is 1160 g/mol. The molecule has 0 aliphatic carbocycles. The highest BCUT2D eigenvalue weighted by atomic mass is 16.6. The first-order chi connectivity index (χ1) is 41.0. The smallest absolute Gasteiger partial charge is 0.306 e.